The lowest BCUT2D eigenvalue weighted by molar-refractivity contribution is 0.192. The number of anilines is 3. The zero-order chi connectivity index (χ0) is 18.5. The van der Waals surface area contributed by atoms with Crippen LogP contribution in [0.3, 0.4) is 0 Å². The van der Waals surface area contributed by atoms with Crippen molar-refractivity contribution in [3.63, 3.8) is 0 Å². The number of nitrogens with zero attached hydrogens (tertiary/aromatic N) is 6. The van der Waals surface area contributed by atoms with Crippen LogP contribution in [0.1, 0.15) is 17.7 Å². The summed E-state index contributed by atoms with van der Waals surface area (Å²) in [5.41, 5.74) is 0. The lowest BCUT2D eigenvalue weighted by Crippen LogP contribution is -2.40. The minimum Gasteiger partial charge on any atom is -0.359 e. The Labute approximate surface area is 157 Å². The summed E-state index contributed by atoms with van der Waals surface area (Å²) in [5.74, 6) is 1.57. The van der Waals surface area contributed by atoms with Crippen LogP contribution in [0.15, 0.2) is 18.6 Å². The van der Waals surface area contributed by atoms with Crippen LogP contribution < -0.4 is 10.2 Å². The van der Waals surface area contributed by atoms with E-state index in [1.54, 1.807) is 4.90 Å². The predicted octanol–water partition coefficient (Wildman–Crippen LogP) is 1.99. The van der Waals surface area contributed by atoms with Gasteiger partial charge < -0.3 is 15.1 Å². The van der Waals surface area contributed by atoms with E-state index in [-0.39, 0.29) is 5.81 Å². The number of nitriles is 1. The summed E-state index contributed by atoms with van der Waals surface area (Å²) in [6, 6.07) is 3.91. The summed E-state index contributed by atoms with van der Waals surface area (Å²) in [4.78, 5) is 28.2. The molecular formula is C16H18BN7OS. The molecule has 1 aliphatic rings. The van der Waals surface area contributed by atoms with E-state index in [0.29, 0.717) is 34.8 Å². The van der Waals surface area contributed by atoms with Gasteiger partial charge in [0.05, 0.1) is 6.20 Å². The fraction of sp³-hybridized carbons (Fsp3) is 0.438. The molecule has 1 N–H and O–H groups in total. The molecule has 1 saturated heterocycles. The number of aromatic nitrogens is 3. The van der Waals surface area contributed by atoms with Crippen molar-refractivity contribution in [1.82, 2.24) is 19.9 Å². The Kier molecular flexibility index (Phi) is 5.68. The first kappa shape index (κ1) is 18.1. The molecule has 0 bridgehead atoms. The van der Waals surface area contributed by atoms with Gasteiger partial charge in [0.2, 0.25) is 7.85 Å². The van der Waals surface area contributed by atoms with E-state index in [0.717, 1.165) is 25.2 Å². The summed E-state index contributed by atoms with van der Waals surface area (Å²) in [5, 5.41) is 12.6. The predicted molar refractivity (Wildman–Crippen MR) is 101 cm³/mol. The highest BCUT2D eigenvalue weighted by molar-refractivity contribution is 7.16. The molecule has 10 heteroatoms. The summed E-state index contributed by atoms with van der Waals surface area (Å²) in [6.07, 6.45) is 4.89. The van der Waals surface area contributed by atoms with Crippen molar-refractivity contribution in [2.75, 3.05) is 36.9 Å². The number of nitrogens with one attached hydrogen (secondary N) is 1. The molecule has 1 fully saturated rings. The van der Waals surface area contributed by atoms with E-state index in [4.69, 9.17) is 13.1 Å². The van der Waals surface area contributed by atoms with Gasteiger partial charge in [0, 0.05) is 32.7 Å². The van der Waals surface area contributed by atoms with Gasteiger partial charge in [0.15, 0.2) is 10.9 Å². The first-order valence-electron chi connectivity index (χ1n) is 8.25. The molecule has 2 aromatic rings. The largest absolute Gasteiger partial charge is 0.359 e. The smallest absolute Gasteiger partial charge is 0.200 e. The fourth-order valence-corrected chi connectivity index (χ4v) is 3.55. The molecule has 0 aliphatic carbocycles. The number of carbonyl (C=O) groups is 1. The topological polar surface area (TPSA) is 98.0 Å². The number of likely N-dealkylation sites (tertiary alicyclic amines) is 1. The molecule has 0 spiro atoms. The zero-order valence-corrected chi connectivity index (χ0v) is 15.2. The molecule has 1 amide bonds. The van der Waals surface area contributed by atoms with Crippen molar-refractivity contribution in [2.24, 2.45) is 5.92 Å². The second-order valence-electron chi connectivity index (χ2n) is 6.18. The van der Waals surface area contributed by atoms with Gasteiger partial charge in [-0.3, -0.25) is 4.79 Å². The molecule has 1 aliphatic heterocycles. The Balaban J connectivity index is 1.59. The van der Waals surface area contributed by atoms with Crippen molar-refractivity contribution in [2.45, 2.75) is 12.8 Å². The van der Waals surface area contributed by atoms with Gasteiger partial charge in [0.25, 0.3) is 0 Å². The number of piperidine rings is 1. The van der Waals surface area contributed by atoms with E-state index in [1.807, 2.05) is 13.1 Å². The maximum absolute atomic E-state index is 11.2. The molecule has 2 radical (unpaired) electrons. The van der Waals surface area contributed by atoms with Gasteiger partial charge >= 0.3 is 0 Å². The first-order chi connectivity index (χ1) is 12.5. The van der Waals surface area contributed by atoms with Crippen LogP contribution in [-0.4, -0.2) is 60.2 Å². The monoisotopic (exact) mass is 367 g/mol. The summed E-state index contributed by atoms with van der Waals surface area (Å²) in [7, 11) is 7.32. The van der Waals surface area contributed by atoms with Gasteiger partial charge in [0.1, 0.15) is 28.9 Å². The Morgan fingerprint density at radius 2 is 2.23 bits per heavy atom. The maximum atomic E-state index is 11.2. The normalized spacial score (nSPS) is 14.7. The number of carbonyl (C=O) groups excluding carboxylic acids is 1. The van der Waals surface area contributed by atoms with Crippen LogP contribution in [-0.2, 0) is 0 Å². The Bertz CT molecular complexity index is 813. The number of rotatable bonds is 5. The van der Waals surface area contributed by atoms with Crippen molar-refractivity contribution in [3.05, 3.63) is 23.5 Å². The van der Waals surface area contributed by atoms with E-state index in [1.165, 1.54) is 23.9 Å². The average Bonchev–Trinajstić information content (AvgIpc) is 3.10. The second-order valence-corrected chi connectivity index (χ2v) is 7.21. The van der Waals surface area contributed by atoms with E-state index in [9.17, 15) is 4.79 Å². The summed E-state index contributed by atoms with van der Waals surface area (Å²) >= 11 is 1.27. The van der Waals surface area contributed by atoms with Gasteiger partial charge in [-0.2, -0.15) is 5.26 Å². The van der Waals surface area contributed by atoms with Crippen molar-refractivity contribution in [1.29, 1.82) is 5.26 Å². The third-order valence-corrected chi connectivity index (χ3v) is 5.17. The van der Waals surface area contributed by atoms with Gasteiger partial charge in [-0.15, -0.1) is 0 Å². The number of thiazole rings is 1. The van der Waals surface area contributed by atoms with Crippen molar-refractivity contribution in [3.8, 4) is 6.07 Å². The highest BCUT2D eigenvalue weighted by atomic mass is 32.1. The van der Waals surface area contributed by atoms with Crippen LogP contribution in [0.5, 0.6) is 0 Å². The Morgan fingerprint density at radius 1 is 1.46 bits per heavy atom. The minimum absolute atomic E-state index is 0.343. The molecular weight excluding hydrogens is 349 g/mol. The lowest BCUT2D eigenvalue weighted by Gasteiger charge is -2.34. The average molecular weight is 367 g/mol. The van der Waals surface area contributed by atoms with Crippen molar-refractivity contribution >= 4 is 41.8 Å². The quantitative estimate of drug-likeness (QED) is 0.807. The molecule has 2 aromatic heterocycles. The number of hydrogen-bond donors (Lipinski definition) is 1. The summed E-state index contributed by atoms with van der Waals surface area (Å²) < 4.78 is 0. The second kappa shape index (κ2) is 8.14. The Hall–Kier alpha value is -2.67. The molecule has 0 aromatic carbocycles. The Morgan fingerprint density at radius 3 is 2.88 bits per heavy atom. The third kappa shape index (κ3) is 4.49. The van der Waals surface area contributed by atoms with E-state index in [2.05, 4.69) is 31.2 Å². The number of amides is 1. The molecule has 8 nitrogen and oxygen atoms in total. The van der Waals surface area contributed by atoms with Gasteiger partial charge in [-0.1, -0.05) is 11.3 Å². The lowest BCUT2D eigenvalue weighted by atomic mass is 9.94. The van der Waals surface area contributed by atoms with Gasteiger partial charge in [-0.05, 0) is 18.8 Å². The zero-order valence-electron chi connectivity index (χ0n) is 14.4. The van der Waals surface area contributed by atoms with E-state index >= 15 is 0 Å². The molecule has 132 valence electrons. The first-order valence-corrected chi connectivity index (χ1v) is 9.07. The molecule has 0 atom stereocenters. The molecule has 26 heavy (non-hydrogen) atoms. The van der Waals surface area contributed by atoms with Crippen LogP contribution >= 0.6 is 11.3 Å². The van der Waals surface area contributed by atoms with Crippen molar-refractivity contribution < 1.29 is 4.79 Å². The van der Waals surface area contributed by atoms with Crippen LogP contribution in [0, 0.1) is 17.2 Å². The number of hydrogen-bond acceptors (Lipinski definition) is 8. The highest BCUT2D eigenvalue weighted by Gasteiger charge is 2.22. The molecule has 3 heterocycles. The van der Waals surface area contributed by atoms with E-state index < -0.39 is 0 Å². The highest BCUT2D eigenvalue weighted by Crippen LogP contribution is 2.24. The fourth-order valence-electron chi connectivity index (χ4n) is 2.93. The molecule has 0 unspecified atom stereocenters. The molecule has 0 saturated carbocycles. The summed E-state index contributed by atoms with van der Waals surface area (Å²) in [6.45, 7) is 2.25. The van der Waals surface area contributed by atoms with Crippen LogP contribution in [0.4, 0.5) is 21.6 Å². The minimum atomic E-state index is -0.343. The molecule has 3 rings (SSSR count). The van der Waals surface area contributed by atoms with Crippen LogP contribution in [0.25, 0.3) is 0 Å². The third-order valence-electron chi connectivity index (χ3n) is 4.35. The van der Waals surface area contributed by atoms with Crippen LogP contribution in [0.2, 0.25) is 0 Å². The maximum Gasteiger partial charge on any atom is 0.200 e. The standard InChI is InChI=1S/C16H18BN7OS/c1-23(9-11-2-4-24(5-3-11)15(17)25)14-6-13(20-10-21-14)22-16-19-8-12(7-18)26-16/h6,8,10-11H,2-5,9H2,1H3,(H,19,20,21,22). The SMILES string of the molecule is [B]C(=O)N1CCC(CN(C)c2cc(Nc3ncc(C#N)s3)ncn2)CC1. The van der Waals surface area contributed by atoms with Gasteiger partial charge in [-0.25, -0.2) is 15.0 Å².